The number of nitrogens with zero attached hydrogens (tertiary/aromatic N) is 1. The number of ether oxygens (including phenoxy) is 1. The lowest BCUT2D eigenvalue weighted by Crippen LogP contribution is -2.23. The number of benzene rings is 1. The summed E-state index contributed by atoms with van der Waals surface area (Å²) in [5.41, 5.74) is 0.304. The molecule has 1 aromatic rings. The Morgan fingerprint density at radius 1 is 1.32 bits per heavy atom. The summed E-state index contributed by atoms with van der Waals surface area (Å²) in [6.45, 7) is 6.04. The minimum atomic E-state index is -0.497. The Morgan fingerprint density at radius 3 is 2.32 bits per heavy atom. The van der Waals surface area contributed by atoms with Crippen molar-refractivity contribution in [3.05, 3.63) is 39.9 Å². The molecule has 0 heterocycles. The molecule has 1 atom stereocenters. The molecular formula is C14H19NO4. The highest BCUT2D eigenvalue weighted by Crippen LogP contribution is 2.17. The first-order valence-corrected chi connectivity index (χ1v) is 6.41. The fourth-order valence-corrected chi connectivity index (χ4v) is 1.74. The minimum absolute atomic E-state index is 0.0366. The Hall–Kier alpha value is -1.91. The number of hydrogen-bond acceptors (Lipinski definition) is 4. The molecule has 0 aliphatic rings. The molecule has 0 saturated carbocycles. The maximum Gasteiger partial charge on any atom is 0.338 e. The van der Waals surface area contributed by atoms with Crippen LogP contribution in [0.5, 0.6) is 0 Å². The van der Waals surface area contributed by atoms with E-state index in [1.54, 1.807) is 0 Å². The van der Waals surface area contributed by atoms with Gasteiger partial charge in [0.1, 0.15) is 6.10 Å². The predicted octanol–water partition coefficient (Wildman–Crippen LogP) is 3.58. The van der Waals surface area contributed by atoms with Crippen LogP contribution in [0.2, 0.25) is 0 Å². The number of non-ortho nitro benzene ring substituents is 1. The van der Waals surface area contributed by atoms with Crippen LogP contribution in [-0.2, 0) is 4.74 Å². The van der Waals surface area contributed by atoms with Crippen LogP contribution < -0.4 is 0 Å². The Labute approximate surface area is 112 Å². The van der Waals surface area contributed by atoms with Gasteiger partial charge in [-0.1, -0.05) is 27.2 Å². The molecule has 5 nitrogen and oxygen atoms in total. The lowest BCUT2D eigenvalue weighted by atomic mass is 10.0. The fraction of sp³-hybridized carbons (Fsp3) is 0.500. The molecule has 1 rings (SSSR count). The van der Waals surface area contributed by atoms with Crippen molar-refractivity contribution in [2.45, 2.75) is 39.7 Å². The zero-order valence-corrected chi connectivity index (χ0v) is 11.5. The largest absolute Gasteiger partial charge is 0.459 e. The average Bonchev–Trinajstić information content (AvgIpc) is 2.38. The minimum Gasteiger partial charge on any atom is -0.459 e. The van der Waals surface area contributed by atoms with Crippen molar-refractivity contribution < 1.29 is 14.5 Å². The molecule has 0 N–H and O–H groups in total. The van der Waals surface area contributed by atoms with Crippen molar-refractivity contribution in [3.63, 3.8) is 0 Å². The molecule has 104 valence electrons. The van der Waals surface area contributed by atoms with Crippen molar-refractivity contribution in [3.8, 4) is 0 Å². The van der Waals surface area contributed by atoms with Gasteiger partial charge in [0.05, 0.1) is 10.5 Å². The summed E-state index contributed by atoms with van der Waals surface area (Å²) >= 11 is 0. The van der Waals surface area contributed by atoms with E-state index in [-0.39, 0.29) is 17.7 Å². The van der Waals surface area contributed by atoms with Gasteiger partial charge in [0.2, 0.25) is 0 Å². The van der Waals surface area contributed by atoms with Gasteiger partial charge in [0, 0.05) is 12.1 Å². The molecule has 0 aliphatic heterocycles. The van der Waals surface area contributed by atoms with Crippen molar-refractivity contribution >= 4 is 11.7 Å². The Bertz CT molecular complexity index is 439. The molecule has 0 aromatic heterocycles. The highest BCUT2D eigenvalue weighted by Gasteiger charge is 2.19. The van der Waals surface area contributed by atoms with E-state index in [1.807, 2.05) is 20.8 Å². The zero-order valence-electron chi connectivity index (χ0n) is 11.5. The lowest BCUT2D eigenvalue weighted by molar-refractivity contribution is -0.384. The van der Waals surface area contributed by atoms with Crippen molar-refractivity contribution in [1.29, 1.82) is 0 Å². The normalized spacial score (nSPS) is 12.2. The summed E-state index contributed by atoms with van der Waals surface area (Å²) < 4.78 is 5.43. The predicted molar refractivity (Wildman–Crippen MR) is 72.0 cm³/mol. The quantitative estimate of drug-likeness (QED) is 0.448. The smallest absolute Gasteiger partial charge is 0.338 e. The average molecular weight is 265 g/mol. The molecule has 1 unspecified atom stereocenters. The summed E-state index contributed by atoms with van der Waals surface area (Å²) in [5, 5.41) is 10.5. The first-order chi connectivity index (χ1) is 8.95. The van der Waals surface area contributed by atoms with Crippen molar-refractivity contribution in [1.82, 2.24) is 0 Å². The van der Waals surface area contributed by atoms with Crippen LogP contribution in [0, 0.1) is 16.0 Å². The highest BCUT2D eigenvalue weighted by molar-refractivity contribution is 5.89. The second-order valence-electron chi connectivity index (χ2n) is 4.78. The molecule has 0 amide bonds. The molecule has 0 radical (unpaired) electrons. The molecule has 19 heavy (non-hydrogen) atoms. The summed E-state index contributed by atoms with van der Waals surface area (Å²) in [7, 11) is 0. The number of esters is 1. The summed E-state index contributed by atoms with van der Waals surface area (Å²) in [4.78, 5) is 22.0. The number of nitro benzene ring substituents is 1. The fourth-order valence-electron chi connectivity index (χ4n) is 1.74. The van der Waals surface area contributed by atoms with Gasteiger partial charge in [-0.2, -0.15) is 0 Å². The Kier molecular flexibility index (Phi) is 5.48. The summed E-state index contributed by atoms with van der Waals surface area (Å²) in [5.74, 6) is -0.177. The number of nitro groups is 1. The van der Waals surface area contributed by atoms with E-state index in [9.17, 15) is 14.9 Å². The van der Waals surface area contributed by atoms with Crippen LogP contribution in [0.4, 0.5) is 5.69 Å². The third-order valence-corrected chi connectivity index (χ3v) is 2.89. The van der Waals surface area contributed by atoms with E-state index < -0.39 is 10.9 Å². The molecule has 0 bridgehead atoms. The van der Waals surface area contributed by atoms with Gasteiger partial charge in [-0.3, -0.25) is 10.1 Å². The van der Waals surface area contributed by atoms with E-state index in [4.69, 9.17) is 4.74 Å². The molecule has 0 aliphatic carbocycles. The second kappa shape index (κ2) is 6.87. The van der Waals surface area contributed by atoms with Crippen molar-refractivity contribution in [2.24, 2.45) is 5.92 Å². The first kappa shape index (κ1) is 15.1. The van der Waals surface area contributed by atoms with Crippen LogP contribution in [0.25, 0.3) is 0 Å². The second-order valence-corrected chi connectivity index (χ2v) is 4.78. The molecule has 5 heteroatoms. The van der Waals surface area contributed by atoms with E-state index in [0.29, 0.717) is 5.56 Å². The van der Waals surface area contributed by atoms with Crippen LogP contribution in [0.1, 0.15) is 44.0 Å². The third kappa shape index (κ3) is 4.35. The van der Waals surface area contributed by atoms with Crippen molar-refractivity contribution in [2.75, 3.05) is 0 Å². The van der Waals surface area contributed by atoms with Gasteiger partial charge in [-0.05, 0) is 24.5 Å². The van der Waals surface area contributed by atoms with Gasteiger partial charge < -0.3 is 4.74 Å². The molecule has 0 spiro atoms. The number of hydrogen-bond donors (Lipinski definition) is 0. The number of rotatable bonds is 6. The summed E-state index contributed by atoms with van der Waals surface area (Å²) in [6.07, 6.45) is 1.64. The summed E-state index contributed by atoms with van der Waals surface area (Å²) in [6, 6.07) is 5.45. The lowest BCUT2D eigenvalue weighted by Gasteiger charge is -2.20. The zero-order chi connectivity index (χ0) is 14.4. The van der Waals surface area contributed by atoms with Crippen LogP contribution in [0.3, 0.4) is 0 Å². The molecule has 0 fully saturated rings. The van der Waals surface area contributed by atoms with E-state index in [0.717, 1.165) is 12.8 Å². The molecule has 0 saturated heterocycles. The number of carbonyl (C=O) groups excluding carboxylic acids is 1. The molecular weight excluding hydrogens is 246 g/mol. The van der Waals surface area contributed by atoms with Crippen LogP contribution in [-0.4, -0.2) is 17.0 Å². The SMILES string of the molecule is CCCC(OC(=O)c1ccc([N+](=O)[O-])cc1)C(C)C. The van der Waals surface area contributed by atoms with Gasteiger partial charge in [-0.25, -0.2) is 4.79 Å². The van der Waals surface area contributed by atoms with E-state index in [1.165, 1.54) is 24.3 Å². The molecule has 1 aromatic carbocycles. The Balaban J connectivity index is 2.74. The standard InChI is InChI=1S/C14H19NO4/c1-4-5-13(10(2)3)19-14(16)11-6-8-12(9-7-11)15(17)18/h6-10,13H,4-5H2,1-3H3. The van der Waals surface area contributed by atoms with Gasteiger partial charge in [0.25, 0.3) is 5.69 Å². The topological polar surface area (TPSA) is 69.4 Å². The maximum atomic E-state index is 11.9. The first-order valence-electron chi connectivity index (χ1n) is 6.41. The number of carbonyl (C=O) groups is 1. The van der Waals surface area contributed by atoms with E-state index in [2.05, 4.69) is 0 Å². The van der Waals surface area contributed by atoms with E-state index >= 15 is 0 Å². The van der Waals surface area contributed by atoms with Crippen LogP contribution >= 0.6 is 0 Å². The van der Waals surface area contributed by atoms with Gasteiger partial charge in [-0.15, -0.1) is 0 Å². The third-order valence-electron chi connectivity index (χ3n) is 2.89. The van der Waals surface area contributed by atoms with Gasteiger partial charge >= 0.3 is 5.97 Å². The van der Waals surface area contributed by atoms with Gasteiger partial charge in [0.15, 0.2) is 0 Å². The Morgan fingerprint density at radius 2 is 1.89 bits per heavy atom. The monoisotopic (exact) mass is 265 g/mol. The highest BCUT2D eigenvalue weighted by atomic mass is 16.6. The maximum absolute atomic E-state index is 11.9. The van der Waals surface area contributed by atoms with Crippen LogP contribution in [0.15, 0.2) is 24.3 Å².